The van der Waals surface area contributed by atoms with Crippen LogP contribution in [0.3, 0.4) is 0 Å². The van der Waals surface area contributed by atoms with Gasteiger partial charge in [-0.3, -0.25) is 19.1 Å². The van der Waals surface area contributed by atoms with Crippen LogP contribution in [0.2, 0.25) is 0 Å². The fourth-order valence-electron chi connectivity index (χ4n) is 0.908. The molecule has 0 spiro atoms. The number of hydrogen-bond donors (Lipinski definition) is 1. The molecule has 5 nitrogen and oxygen atoms in total. The van der Waals surface area contributed by atoms with Gasteiger partial charge in [-0.2, -0.15) is 0 Å². The summed E-state index contributed by atoms with van der Waals surface area (Å²) in [5.74, 6) is 0.529. The van der Waals surface area contributed by atoms with Gasteiger partial charge in [-0.15, -0.1) is 0 Å². The van der Waals surface area contributed by atoms with Crippen molar-refractivity contribution in [2.24, 2.45) is 0 Å². The normalized spacial score (nSPS) is 10.1. The van der Waals surface area contributed by atoms with Crippen LogP contribution in [0.4, 0.5) is 0 Å². The van der Waals surface area contributed by atoms with Gasteiger partial charge in [0.05, 0.1) is 0 Å². The molecule has 0 aromatic carbocycles. The summed E-state index contributed by atoms with van der Waals surface area (Å²) in [6, 6.07) is 1.28. The quantitative estimate of drug-likeness (QED) is 0.757. The molecule has 1 rings (SSSR count). The first-order chi connectivity index (χ1) is 6.59. The second-order valence-electron chi connectivity index (χ2n) is 2.64. The van der Waals surface area contributed by atoms with Crippen molar-refractivity contribution >= 4 is 16.9 Å². The molecule has 0 unspecified atom stereocenters. The Kier molecular flexibility index (Phi) is 3.70. The van der Waals surface area contributed by atoms with Crippen LogP contribution in [-0.4, -0.2) is 20.4 Å². The van der Waals surface area contributed by atoms with Crippen LogP contribution in [0.1, 0.15) is 6.92 Å². The predicted octanol–water partition coefficient (Wildman–Crippen LogP) is -0.184. The molecule has 6 heteroatoms. The molecule has 0 saturated heterocycles. The third-order valence-electron chi connectivity index (χ3n) is 1.53. The summed E-state index contributed by atoms with van der Waals surface area (Å²) < 4.78 is 1.36. The van der Waals surface area contributed by atoms with Gasteiger partial charge in [0.2, 0.25) is 0 Å². The lowest BCUT2D eigenvalue weighted by atomic mass is 10.6. The molecule has 0 fully saturated rings. The van der Waals surface area contributed by atoms with Crippen LogP contribution in [0.5, 0.6) is 0 Å². The van der Waals surface area contributed by atoms with Gasteiger partial charge >= 0.3 is 5.69 Å². The monoisotopic (exact) mass is 214 g/mol. The molecule has 0 aliphatic rings. The Hall–Kier alpha value is -1.30. The number of aromatic amines is 1. The smallest absolute Gasteiger partial charge is 0.300 e. The molecule has 0 bridgehead atoms. The Labute approximate surface area is 84.1 Å². The molecule has 1 heterocycles. The molecule has 1 aromatic rings. The molecule has 0 aliphatic heterocycles. The topological polar surface area (TPSA) is 71.9 Å². The molecule has 0 atom stereocenters. The van der Waals surface area contributed by atoms with Crippen molar-refractivity contribution in [3.8, 4) is 0 Å². The van der Waals surface area contributed by atoms with Gasteiger partial charge in [0.1, 0.15) is 0 Å². The van der Waals surface area contributed by atoms with Gasteiger partial charge < -0.3 is 0 Å². The predicted molar refractivity (Wildman–Crippen MR) is 54.5 cm³/mol. The maximum atomic E-state index is 11.1. The molecule has 1 N–H and O–H groups in total. The number of thioether (sulfide) groups is 1. The van der Waals surface area contributed by atoms with E-state index >= 15 is 0 Å². The van der Waals surface area contributed by atoms with Crippen LogP contribution >= 0.6 is 11.8 Å². The lowest BCUT2D eigenvalue weighted by Gasteiger charge is -2.01. The van der Waals surface area contributed by atoms with Crippen molar-refractivity contribution in [1.29, 1.82) is 0 Å². The van der Waals surface area contributed by atoms with E-state index in [0.717, 1.165) is 11.8 Å². The minimum atomic E-state index is -0.443. The average molecular weight is 214 g/mol. The summed E-state index contributed by atoms with van der Waals surface area (Å²) in [6.45, 7) is 1.89. The molecule has 1 aromatic heterocycles. The zero-order valence-corrected chi connectivity index (χ0v) is 8.47. The standard InChI is InChI=1S/C8H10N2O3S/c1-6(11)14-5-4-10-3-2-7(12)9-8(10)13/h2-3H,4-5H2,1H3,(H,9,12,13). The Bertz CT molecular complexity index is 435. The zero-order valence-electron chi connectivity index (χ0n) is 7.65. The van der Waals surface area contributed by atoms with E-state index < -0.39 is 11.2 Å². The maximum absolute atomic E-state index is 11.1. The highest BCUT2D eigenvalue weighted by Crippen LogP contribution is 2.00. The first kappa shape index (κ1) is 10.8. The van der Waals surface area contributed by atoms with Crippen molar-refractivity contribution in [2.45, 2.75) is 13.5 Å². The Balaban J connectivity index is 2.64. The SMILES string of the molecule is CC(=O)SCCn1ccc(=O)[nH]c1=O. The van der Waals surface area contributed by atoms with Crippen molar-refractivity contribution in [1.82, 2.24) is 9.55 Å². The number of carbonyl (C=O) groups excluding carboxylic acids is 1. The van der Waals surface area contributed by atoms with E-state index in [9.17, 15) is 14.4 Å². The van der Waals surface area contributed by atoms with Gasteiger partial charge in [-0.25, -0.2) is 4.79 Å². The number of aromatic nitrogens is 2. The summed E-state index contributed by atoms with van der Waals surface area (Å²) in [7, 11) is 0. The summed E-state index contributed by atoms with van der Waals surface area (Å²) in [4.78, 5) is 34.6. The Morgan fingerprint density at radius 2 is 2.29 bits per heavy atom. The van der Waals surface area contributed by atoms with Gasteiger partial charge in [0.25, 0.3) is 5.56 Å². The fourth-order valence-corrected chi connectivity index (χ4v) is 1.48. The third kappa shape index (κ3) is 3.21. The Morgan fingerprint density at radius 3 is 2.86 bits per heavy atom. The van der Waals surface area contributed by atoms with E-state index in [4.69, 9.17) is 0 Å². The van der Waals surface area contributed by atoms with Gasteiger partial charge in [0, 0.05) is 31.5 Å². The first-order valence-electron chi connectivity index (χ1n) is 4.03. The van der Waals surface area contributed by atoms with Gasteiger partial charge in [-0.05, 0) is 0 Å². The van der Waals surface area contributed by atoms with Crippen LogP contribution in [0, 0.1) is 0 Å². The van der Waals surface area contributed by atoms with Crippen molar-refractivity contribution in [2.75, 3.05) is 5.75 Å². The molecule has 14 heavy (non-hydrogen) atoms. The van der Waals surface area contributed by atoms with Crippen LogP contribution in [-0.2, 0) is 11.3 Å². The van der Waals surface area contributed by atoms with Crippen LogP contribution in [0.25, 0.3) is 0 Å². The highest BCUT2D eigenvalue weighted by molar-refractivity contribution is 8.13. The molecular weight excluding hydrogens is 204 g/mol. The summed E-state index contributed by atoms with van der Waals surface area (Å²) in [5, 5.41) is 0.0162. The highest BCUT2D eigenvalue weighted by atomic mass is 32.2. The largest absolute Gasteiger partial charge is 0.328 e. The number of aryl methyl sites for hydroxylation is 1. The summed E-state index contributed by atoms with van der Waals surface area (Å²) in [6.07, 6.45) is 1.42. The molecule has 0 aliphatic carbocycles. The number of H-pyrrole nitrogens is 1. The number of nitrogens with zero attached hydrogens (tertiary/aromatic N) is 1. The minimum absolute atomic E-state index is 0.0162. The lowest BCUT2D eigenvalue weighted by molar-refractivity contribution is -0.109. The molecular formula is C8H10N2O3S. The fraction of sp³-hybridized carbons (Fsp3) is 0.375. The molecule has 0 saturated carbocycles. The van der Waals surface area contributed by atoms with Gasteiger partial charge in [0.15, 0.2) is 5.12 Å². The number of carbonyl (C=O) groups is 1. The van der Waals surface area contributed by atoms with E-state index in [1.807, 2.05) is 0 Å². The highest BCUT2D eigenvalue weighted by Gasteiger charge is 1.97. The minimum Gasteiger partial charge on any atom is -0.300 e. The zero-order chi connectivity index (χ0) is 10.6. The average Bonchev–Trinajstić information content (AvgIpc) is 2.08. The number of rotatable bonds is 3. The Morgan fingerprint density at radius 1 is 1.57 bits per heavy atom. The van der Waals surface area contributed by atoms with Crippen molar-refractivity contribution in [3.05, 3.63) is 33.1 Å². The summed E-state index contributed by atoms with van der Waals surface area (Å²) in [5.41, 5.74) is -0.855. The van der Waals surface area contributed by atoms with E-state index in [1.165, 1.54) is 23.8 Å². The van der Waals surface area contributed by atoms with E-state index in [2.05, 4.69) is 4.98 Å². The second-order valence-corrected chi connectivity index (χ2v) is 3.92. The van der Waals surface area contributed by atoms with E-state index in [1.54, 1.807) is 0 Å². The third-order valence-corrected chi connectivity index (χ3v) is 2.33. The molecule has 0 radical (unpaired) electrons. The van der Waals surface area contributed by atoms with Crippen LogP contribution < -0.4 is 11.2 Å². The molecule has 0 amide bonds. The van der Waals surface area contributed by atoms with E-state index in [0.29, 0.717) is 12.3 Å². The van der Waals surface area contributed by atoms with Crippen molar-refractivity contribution < 1.29 is 4.79 Å². The number of nitrogens with one attached hydrogen (secondary N) is 1. The summed E-state index contributed by atoms with van der Waals surface area (Å²) >= 11 is 1.15. The lowest BCUT2D eigenvalue weighted by Crippen LogP contribution is -2.29. The van der Waals surface area contributed by atoms with Gasteiger partial charge in [-0.1, -0.05) is 11.8 Å². The second kappa shape index (κ2) is 4.80. The van der Waals surface area contributed by atoms with Crippen molar-refractivity contribution in [3.63, 3.8) is 0 Å². The van der Waals surface area contributed by atoms with Crippen LogP contribution in [0.15, 0.2) is 21.9 Å². The van der Waals surface area contributed by atoms with E-state index in [-0.39, 0.29) is 5.12 Å². The maximum Gasteiger partial charge on any atom is 0.328 e. The first-order valence-corrected chi connectivity index (χ1v) is 5.01. The number of hydrogen-bond acceptors (Lipinski definition) is 4. The molecule has 76 valence electrons.